The van der Waals surface area contributed by atoms with E-state index in [-0.39, 0.29) is 0 Å². The molecule has 4 unspecified atom stereocenters. The van der Waals surface area contributed by atoms with Crippen LogP contribution >= 0.6 is 23.2 Å². The van der Waals surface area contributed by atoms with Gasteiger partial charge < -0.3 is 10.8 Å². The van der Waals surface area contributed by atoms with Crippen molar-refractivity contribution in [2.75, 3.05) is 0 Å². The van der Waals surface area contributed by atoms with E-state index in [2.05, 4.69) is 0 Å². The number of primary amides is 1. The molecular formula is C18H13Cl2NO3. The van der Waals surface area contributed by atoms with Gasteiger partial charge >= 0.3 is 5.97 Å². The molecule has 3 aliphatic carbocycles. The maximum Gasteiger partial charge on any atom is 0.308 e. The number of aliphatic carboxylic acids is 1. The summed E-state index contributed by atoms with van der Waals surface area (Å²) in [7, 11) is 0. The highest BCUT2D eigenvalue weighted by molar-refractivity contribution is 6.32. The molecule has 0 fully saturated rings. The SMILES string of the molecule is NC(=O)C1C2c3cccc(Cl)c3C(c3cccc(Cl)c32)C1C(=O)O. The van der Waals surface area contributed by atoms with Crippen LogP contribution in [0.1, 0.15) is 34.1 Å². The molecule has 0 spiro atoms. The third kappa shape index (κ3) is 1.87. The highest BCUT2D eigenvalue weighted by Gasteiger charge is 2.56. The fourth-order valence-corrected chi connectivity index (χ4v) is 5.01. The number of halogens is 2. The summed E-state index contributed by atoms with van der Waals surface area (Å²) < 4.78 is 0. The van der Waals surface area contributed by atoms with E-state index in [4.69, 9.17) is 28.9 Å². The first-order chi connectivity index (χ1) is 11.4. The van der Waals surface area contributed by atoms with Gasteiger partial charge in [0.2, 0.25) is 5.91 Å². The first kappa shape index (κ1) is 15.5. The molecule has 0 saturated heterocycles. The highest BCUT2D eigenvalue weighted by atomic mass is 35.5. The minimum Gasteiger partial charge on any atom is -0.481 e. The molecule has 2 aromatic rings. The number of amides is 1. The Kier molecular flexibility index (Phi) is 3.37. The lowest BCUT2D eigenvalue weighted by atomic mass is 9.54. The van der Waals surface area contributed by atoms with Crippen molar-refractivity contribution in [2.24, 2.45) is 17.6 Å². The molecule has 3 N–H and O–H groups in total. The smallest absolute Gasteiger partial charge is 0.308 e. The number of fused-ring (bicyclic) bond motifs is 1. The first-order valence-corrected chi connectivity index (χ1v) is 8.27. The molecule has 6 heteroatoms. The maximum absolute atomic E-state index is 12.2. The van der Waals surface area contributed by atoms with Gasteiger partial charge in [0.05, 0.1) is 11.8 Å². The Morgan fingerprint density at radius 1 is 0.875 bits per heavy atom. The molecule has 0 saturated carbocycles. The van der Waals surface area contributed by atoms with Crippen molar-refractivity contribution in [3.05, 3.63) is 68.7 Å². The van der Waals surface area contributed by atoms with Gasteiger partial charge in [0, 0.05) is 21.9 Å². The van der Waals surface area contributed by atoms with Gasteiger partial charge in [-0.25, -0.2) is 0 Å². The minimum absolute atomic E-state index is 0.494. The summed E-state index contributed by atoms with van der Waals surface area (Å²) in [5, 5.41) is 10.8. The molecule has 4 nitrogen and oxygen atoms in total. The normalized spacial score (nSPS) is 26.6. The molecule has 24 heavy (non-hydrogen) atoms. The summed E-state index contributed by atoms with van der Waals surface area (Å²) in [4.78, 5) is 24.1. The number of hydrogen-bond acceptors (Lipinski definition) is 2. The lowest BCUT2D eigenvalue weighted by Crippen LogP contribution is -2.49. The van der Waals surface area contributed by atoms with E-state index in [1.165, 1.54) is 0 Å². The number of hydrogen-bond donors (Lipinski definition) is 2. The lowest BCUT2D eigenvalue weighted by Gasteiger charge is -2.48. The van der Waals surface area contributed by atoms with Gasteiger partial charge in [0.15, 0.2) is 0 Å². The Morgan fingerprint density at radius 2 is 1.33 bits per heavy atom. The molecule has 3 aliphatic rings. The second-order valence-electron chi connectivity index (χ2n) is 6.23. The van der Waals surface area contributed by atoms with Crippen molar-refractivity contribution in [3.63, 3.8) is 0 Å². The molecule has 1 amide bonds. The molecule has 2 bridgehead atoms. The van der Waals surface area contributed by atoms with Crippen LogP contribution in [0.15, 0.2) is 36.4 Å². The number of carbonyl (C=O) groups is 2. The third-order valence-corrected chi connectivity index (χ3v) is 5.84. The zero-order valence-electron chi connectivity index (χ0n) is 12.4. The summed E-state index contributed by atoms with van der Waals surface area (Å²) in [5.74, 6) is -4.52. The standard InChI is InChI=1S/C18H13Cl2NO3/c19-9-5-2-4-8-11(9)13-7-3-1-6-10(20)12(7)14(8)16(18(23)24)15(13)17(21)22/h1-6,13-16H,(H2,21,22)(H,23,24). The molecule has 2 aromatic carbocycles. The second-order valence-corrected chi connectivity index (χ2v) is 7.05. The Hall–Kier alpha value is -2.04. The van der Waals surface area contributed by atoms with Gasteiger partial charge in [-0.15, -0.1) is 0 Å². The van der Waals surface area contributed by atoms with E-state index in [1.54, 1.807) is 24.3 Å². The summed E-state index contributed by atoms with van der Waals surface area (Å²) in [6, 6.07) is 10.8. The average Bonchev–Trinajstić information content (AvgIpc) is 2.54. The first-order valence-electron chi connectivity index (χ1n) is 7.52. The van der Waals surface area contributed by atoms with Gasteiger partial charge in [0.25, 0.3) is 0 Å². The van der Waals surface area contributed by atoms with E-state index in [1.807, 2.05) is 12.1 Å². The van der Waals surface area contributed by atoms with Gasteiger partial charge in [-0.3, -0.25) is 9.59 Å². The Labute approximate surface area is 148 Å². The van der Waals surface area contributed by atoms with E-state index in [9.17, 15) is 14.7 Å². The van der Waals surface area contributed by atoms with E-state index in [0.29, 0.717) is 10.0 Å². The number of carboxylic acids is 1. The van der Waals surface area contributed by atoms with Crippen LogP contribution < -0.4 is 5.73 Å². The quantitative estimate of drug-likeness (QED) is 0.860. The van der Waals surface area contributed by atoms with Crippen LogP contribution in [0.25, 0.3) is 0 Å². The van der Waals surface area contributed by atoms with Crippen molar-refractivity contribution in [2.45, 2.75) is 11.8 Å². The number of rotatable bonds is 2. The number of nitrogens with two attached hydrogens (primary N) is 1. The summed E-state index contributed by atoms with van der Waals surface area (Å²) in [6.07, 6.45) is 0. The van der Waals surface area contributed by atoms with E-state index >= 15 is 0 Å². The number of carboxylic acid groups (broad SMARTS) is 1. The van der Waals surface area contributed by atoms with Crippen molar-refractivity contribution in [1.29, 1.82) is 0 Å². The van der Waals surface area contributed by atoms with Crippen LogP contribution in [0.4, 0.5) is 0 Å². The molecule has 0 aromatic heterocycles. The van der Waals surface area contributed by atoms with Gasteiger partial charge in [0.1, 0.15) is 0 Å². The maximum atomic E-state index is 12.2. The molecule has 0 radical (unpaired) electrons. The highest BCUT2D eigenvalue weighted by Crippen LogP contribution is 2.60. The zero-order chi connectivity index (χ0) is 17.2. The summed E-state index contributed by atoms with van der Waals surface area (Å²) in [5.41, 5.74) is 8.82. The lowest BCUT2D eigenvalue weighted by molar-refractivity contribution is -0.148. The van der Waals surface area contributed by atoms with Crippen LogP contribution in [0.2, 0.25) is 10.0 Å². The molecule has 5 rings (SSSR count). The zero-order valence-corrected chi connectivity index (χ0v) is 13.9. The molecular weight excluding hydrogens is 349 g/mol. The fourth-order valence-electron chi connectivity index (χ4n) is 4.42. The van der Waals surface area contributed by atoms with Crippen LogP contribution in [0, 0.1) is 11.8 Å². The van der Waals surface area contributed by atoms with Crippen molar-refractivity contribution in [1.82, 2.24) is 0 Å². The molecule has 0 heterocycles. The third-order valence-electron chi connectivity index (χ3n) is 5.18. The monoisotopic (exact) mass is 361 g/mol. The largest absolute Gasteiger partial charge is 0.481 e. The van der Waals surface area contributed by atoms with E-state index in [0.717, 1.165) is 22.3 Å². The van der Waals surface area contributed by atoms with Gasteiger partial charge in [-0.2, -0.15) is 0 Å². The second kappa shape index (κ2) is 5.23. The number of benzene rings is 2. The van der Waals surface area contributed by atoms with E-state index < -0.39 is 35.5 Å². The predicted octanol–water partition coefficient (Wildman–Crippen LogP) is 3.39. The van der Waals surface area contributed by atoms with Gasteiger partial charge in [-0.05, 0) is 34.4 Å². The fraction of sp³-hybridized carbons (Fsp3) is 0.222. The summed E-state index contributed by atoms with van der Waals surface area (Å²) in [6.45, 7) is 0. The van der Waals surface area contributed by atoms with Crippen LogP contribution in [0.3, 0.4) is 0 Å². The predicted molar refractivity (Wildman–Crippen MR) is 90.4 cm³/mol. The Balaban J connectivity index is 2.12. The minimum atomic E-state index is -1.05. The van der Waals surface area contributed by atoms with Crippen molar-refractivity contribution in [3.8, 4) is 0 Å². The van der Waals surface area contributed by atoms with Crippen LogP contribution in [0.5, 0.6) is 0 Å². The molecule has 0 aliphatic heterocycles. The van der Waals surface area contributed by atoms with Crippen LogP contribution in [-0.4, -0.2) is 17.0 Å². The molecule has 4 atom stereocenters. The molecule has 122 valence electrons. The topological polar surface area (TPSA) is 80.4 Å². The van der Waals surface area contributed by atoms with Crippen molar-refractivity contribution >= 4 is 35.1 Å². The van der Waals surface area contributed by atoms with Crippen LogP contribution in [-0.2, 0) is 9.59 Å². The average molecular weight is 362 g/mol. The number of carbonyl (C=O) groups excluding carboxylic acids is 1. The Morgan fingerprint density at radius 3 is 1.75 bits per heavy atom. The van der Waals surface area contributed by atoms with Gasteiger partial charge in [-0.1, -0.05) is 47.5 Å². The van der Waals surface area contributed by atoms with Crippen molar-refractivity contribution < 1.29 is 14.7 Å². The summed E-state index contributed by atoms with van der Waals surface area (Å²) >= 11 is 12.8. The Bertz CT molecular complexity index is 822.